The van der Waals surface area contributed by atoms with Crippen molar-refractivity contribution in [3.05, 3.63) is 71.1 Å². The van der Waals surface area contributed by atoms with Gasteiger partial charge in [0.05, 0.1) is 0 Å². The molecule has 0 aliphatic carbocycles. The fraction of sp³-hybridized carbons (Fsp3) is 0.150. The summed E-state index contributed by atoms with van der Waals surface area (Å²) in [6.07, 6.45) is 7.51. The van der Waals surface area contributed by atoms with E-state index in [9.17, 15) is 5.11 Å². The van der Waals surface area contributed by atoms with Crippen molar-refractivity contribution in [3.8, 4) is 11.5 Å². The van der Waals surface area contributed by atoms with Gasteiger partial charge in [-0.3, -0.25) is 0 Å². The summed E-state index contributed by atoms with van der Waals surface area (Å²) in [5.74, 6) is 1.44. The third-order valence-corrected chi connectivity index (χ3v) is 5.87. The third-order valence-electron chi connectivity index (χ3n) is 4.17. The molecule has 0 saturated carbocycles. The number of nitrogens with zero attached hydrogens (tertiary/aromatic N) is 4. The Labute approximate surface area is 186 Å². The second-order valence-corrected chi connectivity index (χ2v) is 8.39. The predicted molar refractivity (Wildman–Crippen MR) is 119 cm³/mol. The molecule has 1 atom stereocenters. The summed E-state index contributed by atoms with van der Waals surface area (Å²) in [7, 11) is 0. The Kier molecular flexibility index (Phi) is 6.87. The molecular formula is C20H18BN5O3S2. The zero-order valence-electron chi connectivity index (χ0n) is 16.5. The van der Waals surface area contributed by atoms with E-state index >= 15 is 0 Å². The van der Waals surface area contributed by atoms with Gasteiger partial charge >= 0.3 is 187 Å². The molecule has 0 bridgehead atoms. The Hall–Kier alpha value is -2.86. The number of aliphatic hydroxyl groups is 2. The van der Waals surface area contributed by atoms with Crippen molar-refractivity contribution >= 4 is 34.9 Å². The van der Waals surface area contributed by atoms with Crippen LogP contribution >= 0.6 is 22.9 Å². The molecule has 0 spiro atoms. The average molecular weight is 451 g/mol. The summed E-state index contributed by atoms with van der Waals surface area (Å²) in [5.41, 5.74) is 1.42. The molecule has 4 rings (SSSR count). The molecule has 0 aromatic carbocycles. The van der Waals surface area contributed by atoms with E-state index in [1.807, 2.05) is 37.3 Å². The van der Waals surface area contributed by atoms with Crippen LogP contribution in [-0.4, -0.2) is 42.9 Å². The summed E-state index contributed by atoms with van der Waals surface area (Å²) in [5, 5.41) is 19.8. The number of ether oxygens (including phenoxy) is 1. The zero-order chi connectivity index (χ0) is 21.6. The number of aromatic nitrogens is 4. The molecule has 1 unspecified atom stereocenters. The van der Waals surface area contributed by atoms with Crippen LogP contribution in [0.25, 0.3) is 0 Å². The molecule has 0 aliphatic rings. The fourth-order valence-electron chi connectivity index (χ4n) is 2.55. The number of aromatic amines is 1. The minimum atomic E-state index is -0.987. The van der Waals surface area contributed by atoms with E-state index in [1.54, 1.807) is 31.0 Å². The molecule has 11 heteroatoms. The van der Waals surface area contributed by atoms with E-state index in [1.165, 1.54) is 22.9 Å². The number of aliphatic hydroxyl groups excluding tert-OH is 2. The molecule has 0 aliphatic heterocycles. The number of pyridine rings is 3. The van der Waals surface area contributed by atoms with Crippen LogP contribution in [0.4, 0.5) is 5.82 Å². The Morgan fingerprint density at radius 1 is 1.23 bits per heavy atom. The number of H-pyrrole nitrogens is 1. The van der Waals surface area contributed by atoms with Crippen molar-refractivity contribution in [2.75, 3.05) is 6.61 Å². The van der Waals surface area contributed by atoms with E-state index in [2.05, 4.69) is 24.9 Å². The van der Waals surface area contributed by atoms with Crippen LogP contribution in [-0.2, 0) is 0 Å². The van der Waals surface area contributed by atoms with Gasteiger partial charge in [0.25, 0.3) is 0 Å². The van der Waals surface area contributed by atoms with Crippen molar-refractivity contribution < 1.29 is 14.9 Å². The third kappa shape index (κ3) is 5.44. The minimum absolute atomic E-state index is 0.372. The van der Waals surface area contributed by atoms with Gasteiger partial charge in [0, 0.05) is 0 Å². The van der Waals surface area contributed by atoms with Gasteiger partial charge in [-0.25, -0.2) is 0 Å². The molecule has 31 heavy (non-hydrogen) atoms. The van der Waals surface area contributed by atoms with Crippen molar-refractivity contribution in [2.24, 2.45) is 4.99 Å². The molecule has 3 N–H and O–H groups in total. The summed E-state index contributed by atoms with van der Waals surface area (Å²) in [6, 6.07) is 9.43. The first kappa shape index (κ1) is 21.4. The number of nitrogens with one attached hydrogen (secondary N) is 1. The first-order valence-electron chi connectivity index (χ1n) is 9.31. The molecule has 4 aromatic rings. The molecule has 0 radical (unpaired) electrons. The van der Waals surface area contributed by atoms with Gasteiger partial charge in [-0.1, -0.05) is 0 Å². The molecule has 0 saturated heterocycles. The predicted octanol–water partition coefficient (Wildman–Crippen LogP) is 3.11. The Morgan fingerprint density at radius 2 is 2.13 bits per heavy atom. The SMILES string of the molecule is Cc1ccncc1Oc1cc(Sc2ccccn2)cnc1/N=c1/[nH]c(C(O)CO)bs1. The van der Waals surface area contributed by atoms with E-state index in [0.717, 1.165) is 15.5 Å². The van der Waals surface area contributed by atoms with Crippen LogP contribution in [0.2, 0.25) is 0 Å². The van der Waals surface area contributed by atoms with Crippen LogP contribution in [0.15, 0.2) is 70.0 Å². The van der Waals surface area contributed by atoms with E-state index in [4.69, 9.17) is 9.84 Å². The molecule has 8 nitrogen and oxygen atoms in total. The first-order valence-corrected chi connectivity index (χ1v) is 11.0. The van der Waals surface area contributed by atoms with Crippen molar-refractivity contribution in [1.82, 2.24) is 19.9 Å². The summed E-state index contributed by atoms with van der Waals surface area (Å²) in [4.78, 5) is 21.8. The quantitative estimate of drug-likeness (QED) is 0.395. The monoisotopic (exact) mass is 451 g/mol. The van der Waals surface area contributed by atoms with E-state index in [0.29, 0.717) is 27.7 Å². The van der Waals surface area contributed by atoms with Gasteiger partial charge < -0.3 is 0 Å². The Balaban J connectivity index is 1.72. The van der Waals surface area contributed by atoms with Crippen LogP contribution in [0.1, 0.15) is 17.3 Å². The van der Waals surface area contributed by atoms with E-state index in [-0.39, 0.29) is 6.61 Å². The Bertz CT molecular complexity index is 1230. The molecular weight excluding hydrogens is 433 g/mol. The first-order chi connectivity index (χ1) is 15.1. The average Bonchev–Trinajstić information content (AvgIpc) is 3.26. The maximum atomic E-state index is 9.79. The summed E-state index contributed by atoms with van der Waals surface area (Å²) in [6.45, 7) is 1.56. The van der Waals surface area contributed by atoms with Gasteiger partial charge in [0.15, 0.2) is 0 Å². The summed E-state index contributed by atoms with van der Waals surface area (Å²) < 4.78 is 6.12. The number of hydrogen-bond acceptors (Lipinski definition) is 9. The molecule has 0 amide bonds. The second kappa shape index (κ2) is 9.97. The van der Waals surface area contributed by atoms with Gasteiger partial charge in [0.1, 0.15) is 0 Å². The molecule has 4 heterocycles. The topological polar surface area (TPSA) is 117 Å². The Morgan fingerprint density at radius 3 is 2.90 bits per heavy atom. The standard InChI is InChI=1S/C20H18BN5O3S2/c1-12-5-7-22-10-16(12)29-15-8-13(30-17-4-2-3-6-23-17)9-24-19(15)26-20-25-18(21-31-20)14(28)11-27/h2-10,14,27-28H,11H2,1H3,(H,24,25,26). The number of rotatable bonds is 7. The molecule has 0 fully saturated rings. The fourth-order valence-corrected chi connectivity index (χ4v) is 4.09. The van der Waals surface area contributed by atoms with Crippen LogP contribution in [0.5, 0.6) is 11.5 Å². The summed E-state index contributed by atoms with van der Waals surface area (Å²) >= 11 is 2.76. The normalized spacial score (nSPS) is 12.5. The zero-order valence-corrected chi connectivity index (χ0v) is 18.1. The number of hydrogen-bond donors (Lipinski definition) is 3. The van der Waals surface area contributed by atoms with Crippen molar-refractivity contribution in [3.63, 3.8) is 0 Å². The van der Waals surface area contributed by atoms with Gasteiger partial charge in [-0.2, -0.15) is 0 Å². The van der Waals surface area contributed by atoms with E-state index < -0.39 is 6.10 Å². The van der Waals surface area contributed by atoms with Crippen molar-refractivity contribution in [1.29, 1.82) is 0 Å². The van der Waals surface area contributed by atoms with Gasteiger partial charge in [-0.05, 0) is 0 Å². The van der Waals surface area contributed by atoms with Crippen molar-refractivity contribution in [2.45, 2.75) is 22.9 Å². The second-order valence-electron chi connectivity index (χ2n) is 6.44. The van der Waals surface area contributed by atoms with Crippen LogP contribution < -0.4 is 9.54 Å². The van der Waals surface area contributed by atoms with Gasteiger partial charge in [0.2, 0.25) is 0 Å². The molecule has 156 valence electrons. The van der Waals surface area contributed by atoms with Crippen LogP contribution in [0.3, 0.4) is 0 Å². The maximum absolute atomic E-state index is 9.79. The van der Waals surface area contributed by atoms with Gasteiger partial charge in [-0.15, -0.1) is 0 Å². The molecule has 4 aromatic heterocycles. The number of aryl methyl sites for hydroxylation is 1. The van der Waals surface area contributed by atoms with Crippen LogP contribution in [0, 0.1) is 6.92 Å².